The molecule has 94 valence electrons. The van der Waals surface area contributed by atoms with E-state index in [1.54, 1.807) is 7.11 Å². The summed E-state index contributed by atoms with van der Waals surface area (Å²) in [5.41, 5.74) is 7.20. The molecule has 0 aliphatic heterocycles. The van der Waals surface area contributed by atoms with Crippen molar-refractivity contribution in [2.24, 2.45) is 5.73 Å². The Labute approximate surface area is 103 Å². The van der Waals surface area contributed by atoms with E-state index in [1.807, 2.05) is 24.3 Å². The zero-order chi connectivity index (χ0) is 12.1. The van der Waals surface area contributed by atoms with Gasteiger partial charge < -0.3 is 15.2 Å². The van der Waals surface area contributed by atoms with E-state index in [0.29, 0.717) is 12.7 Å². The normalized spacial score (nSPS) is 18.2. The number of hydrogen-bond acceptors (Lipinski definition) is 3. The topological polar surface area (TPSA) is 44.5 Å². The van der Waals surface area contributed by atoms with Crippen LogP contribution in [0.5, 0.6) is 5.75 Å². The van der Waals surface area contributed by atoms with Gasteiger partial charge in [-0.3, -0.25) is 0 Å². The van der Waals surface area contributed by atoms with Gasteiger partial charge in [-0.1, -0.05) is 25.0 Å². The highest BCUT2D eigenvalue weighted by atomic mass is 16.5. The van der Waals surface area contributed by atoms with E-state index in [-0.39, 0.29) is 6.04 Å². The number of hydrogen-bond donors (Lipinski definition) is 1. The fraction of sp³-hybridized carbons (Fsp3) is 0.571. The molecule has 2 N–H and O–H groups in total. The van der Waals surface area contributed by atoms with E-state index in [1.165, 1.54) is 25.7 Å². The van der Waals surface area contributed by atoms with Gasteiger partial charge in [0.05, 0.1) is 25.9 Å². The number of nitrogens with two attached hydrogens (primary N) is 1. The van der Waals surface area contributed by atoms with Crippen LogP contribution in [0.2, 0.25) is 0 Å². The van der Waals surface area contributed by atoms with Gasteiger partial charge in [-0.2, -0.15) is 0 Å². The second kappa shape index (κ2) is 6.03. The fourth-order valence-corrected chi connectivity index (χ4v) is 2.24. The Kier molecular flexibility index (Phi) is 4.40. The maximum Gasteiger partial charge on any atom is 0.118 e. The van der Waals surface area contributed by atoms with Gasteiger partial charge >= 0.3 is 0 Å². The Morgan fingerprint density at radius 3 is 2.47 bits per heavy atom. The quantitative estimate of drug-likeness (QED) is 0.853. The van der Waals surface area contributed by atoms with Crippen LogP contribution in [-0.4, -0.2) is 19.8 Å². The zero-order valence-corrected chi connectivity index (χ0v) is 10.4. The molecule has 1 fully saturated rings. The Morgan fingerprint density at radius 2 is 1.88 bits per heavy atom. The summed E-state index contributed by atoms with van der Waals surface area (Å²) >= 11 is 0. The summed E-state index contributed by atoms with van der Waals surface area (Å²) in [6.45, 7) is 0.608. The Balaban J connectivity index is 1.83. The molecule has 0 heterocycles. The van der Waals surface area contributed by atoms with Crippen molar-refractivity contribution in [1.82, 2.24) is 0 Å². The first-order valence-corrected chi connectivity index (χ1v) is 6.30. The molecule has 0 radical (unpaired) electrons. The average Bonchev–Trinajstić information content (AvgIpc) is 2.89. The van der Waals surface area contributed by atoms with Crippen LogP contribution in [0, 0.1) is 0 Å². The molecule has 1 saturated carbocycles. The Morgan fingerprint density at radius 1 is 1.24 bits per heavy atom. The van der Waals surface area contributed by atoms with Crippen molar-refractivity contribution in [2.75, 3.05) is 13.7 Å². The lowest BCUT2D eigenvalue weighted by atomic mass is 10.1. The molecule has 1 aliphatic carbocycles. The smallest absolute Gasteiger partial charge is 0.118 e. The molecular formula is C14H21NO2. The van der Waals surface area contributed by atoms with Gasteiger partial charge in [0.1, 0.15) is 5.75 Å². The molecule has 1 aromatic rings. The van der Waals surface area contributed by atoms with Gasteiger partial charge in [-0.25, -0.2) is 0 Å². The molecule has 1 atom stereocenters. The van der Waals surface area contributed by atoms with Crippen LogP contribution in [0.25, 0.3) is 0 Å². The largest absolute Gasteiger partial charge is 0.497 e. The summed E-state index contributed by atoms with van der Waals surface area (Å²) in [6, 6.07) is 7.83. The molecule has 2 rings (SSSR count). The molecule has 0 aromatic heterocycles. The Bertz CT molecular complexity index is 331. The van der Waals surface area contributed by atoms with Crippen LogP contribution in [-0.2, 0) is 4.74 Å². The standard InChI is InChI=1S/C14H21NO2/c1-16-12-8-6-11(7-9-12)14(15)10-17-13-4-2-3-5-13/h6-9,13-14H,2-5,10,15H2,1H3. The van der Waals surface area contributed by atoms with Crippen molar-refractivity contribution >= 4 is 0 Å². The van der Waals surface area contributed by atoms with E-state index in [0.717, 1.165) is 11.3 Å². The predicted octanol–water partition coefficient (Wildman–Crippen LogP) is 2.65. The van der Waals surface area contributed by atoms with Crippen molar-refractivity contribution in [3.63, 3.8) is 0 Å². The molecule has 3 nitrogen and oxygen atoms in total. The fourth-order valence-electron chi connectivity index (χ4n) is 2.24. The molecular weight excluding hydrogens is 214 g/mol. The number of benzene rings is 1. The first-order chi connectivity index (χ1) is 8.29. The van der Waals surface area contributed by atoms with Crippen LogP contribution < -0.4 is 10.5 Å². The predicted molar refractivity (Wildman–Crippen MR) is 68.1 cm³/mol. The van der Waals surface area contributed by atoms with Gasteiger partial charge in [0.15, 0.2) is 0 Å². The van der Waals surface area contributed by atoms with Crippen molar-refractivity contribution in [3.8, 4) is 5.75 Å². The highest BCUT2D eigenvalue weighted by Crippen LogP contribution is 2.23. The van der Waals surface area contributed by atoms with Crippen LogP contribution >= 0.6 is 0 Å². The third kappa shape index (κ3) is 3.45. The maximum absolute atomic E-state index is 6.10. The van der Waals surface area contributed by atoms with Gasteiger partial charge in [-0.05, 0) is 30.5 Å². The maximum atomic E-state index is 6.10. The summed E-state index contributed by atoms with van der Waals surface area (Å²) in [6.07, 6.45) is 5.40. The van der Waals surface area contributed by atoms with Gasteiger partial charge in [0.2, 0.25) is 0 Å². The first-order valence-electron chi connectivity index (χ1n) is 6.30. The van der Waals surface area contributed by atoms with Gasteiger partial charge in [0.25, 0.3) is 0 Å². The van der Waals surface area contributed by atoms with Crippen molar-refractivity contribution in [3.05, 3.63) is 29.8 Å². The van der Waals surface area contributed by atoms with E-state index < -0.39 is 0 Å². The molecule has 17 heavy (non-hydrogen) atoms. The van der Waals surface area contributed by atoms with E-state index in [4.69, 9.17) is 15.2 Å². The van der Waals surface area contributed by atoms with Gasteiger partial charge in [0, 0.05) is 0 Å². The lowest BCUT2D eigenvalue weighted by Gasteiger charge is -2.16. The molecule has 3 heteroatoms. The molecule has 0 amide bonds. The minimum atomic E-state index is -0.0403. The summed E-state index contributed by atoms with van der Waals surface area (Å²) in [5, 5.41) is 0. The molecule has 1 aromatic carbocycles. The highest BCUT2D eigenvalue weighted by molar-refractivity contribution is 5.28. The van der Waals surface area contributed by atoms with Crippen LogP contribution in [0.1, 0.15) is 37.3 Å². The average molecular weight is 235 g/mol. The van der Waals surface area contributed by atoms with Crippen molar-refractivity contribution in [1.29, 1.82) is 0 Å². The minimum absolute atomic E-state index is 0.0403. The third-order valence-corrected chi connectivity index (χ3v) is 3.36. The van der Waals surface area contributed by atoms with Crippen LogP contribution in [0.15, 0.2) is 24.3 Å². The molecule has 1 unspecified atom stereocenters. The van der Waals surface area contributed by atoms with Crippen LogP contribution in [0.3, 0.4) is 0 Å². The second-order valence-corrected chi connectivity index (χ2v) is 4.62. The summed E-state index contributed by atoms with van der Waals surface area (Å²) in [7, 11) is 1.66. The van der Waals surface area contributed by atoms with E-state index in [2.05, 4.69) is 0 Å². The summed E-state index contributed by atoms with van der Waals surface area (Å²) in [5.74, 6) is 0.859. The number of rotatable bonds is 5. The van der Waals surface area contributed by atoms with E-state index >= 15 is 0 Å². The molecule has 1 aliphatic rings. The third-order valence-electron chi connectivity index (χ3n) is 3.36. The molecule has 0 spiro atoms. The highest BCUT2D eigenvalue weighted by Gasteiger charge is 2.16. The summed E-state index contributed by atoms with van der Waals surface area (Å²) < 4.78 is 10.9. The van der Waals surface area contributed by atoms with E-state index in [9.17, 15) is 0 Å². The molecule has 0 bridgehead atoms. The first kappa shape index (κ1) is 12.4. The van der Waals surface area contributed by atoms with Crippen molar-refractivity contribution in [2.45, 2.75) is 37.8 Å². The molecule has 0 saturated heterocycles. The van der Waals surface area contributed by atoms with Gasteiger partial charge in [-0.15, -0.1) is 0 Å². The second-order valence-electron chi connectivity index (χ2n) is 4.62. The minimum Gasteiger partial charge on any atom is -0.497 e. The SMILES string of the molecule is COc1ccc(C(N)COC2CCCC2)cc1. The Hall–Kier alpha value is -1.06. The zero-order valence-electron chi connectivity index (χ0n) is 10.4. The van der Waals surface area contributed by atoms with Crippen LogP contribution in [0.4, 0.5) is 0 Å². The monoisotopic (exact) mass is 235 g/mol. The number of methoxy groups -OCH3 is 1. The number of ether oxygens (including phenoxy) is 2. The lowest BCUT2D eigenvalue weighted by Crippen LogP contribution is -2.20. The summed E-state index contributed by atoms with van der Waals surface area (Å²) in [4.78, 5) is 0. The lowest BCUT2D eigenvalue weighted by molar-refractivity contribution is 0.0489. The van der Waals surface area contributed by atoms with Crippen molar-refractivity contribution < 1.29 is 9.47 Å².